The van der Waals surface area contributed by atoms with Crippen molar-refractivity contribution >= 4 is 54.4 Å². The van der Waals surface area contributed by atoms with Gasteiger partial charge in [0.15, 0.2) is 0 Å². The van der Waals surface area contributed by atoms with Gasteiger partial charge in [-0.2, -0.15) is 12.6 Å². The minimum Gasteiger partial charge on any atom is -0.545 e. The molecule has 1 radical (unpaired) electrons. The summed E-state index contributed by atoms with van der Waals surface area (Å²) >= 11 is 3.65. The Balaban J connectivity index is -0.000000256. The molecule has 3 aromatic rings. The molecule has 3 heterocycles. The number of hydrogen-bond donors (Lipinski definition) is 8. The number of aliphatic carboxylic acids is 4. The predicted molar refractivity (Wildman–Crippen MR) is 164 cm³/mol. The van der Waals surface area contributed by atoms with Crippen molar-refractivity contribution in [3.63, 3.8) is 0 Å². The fraction of sp³-hybridized carbons (Fsp3) is 0.214. The molecule has 0 unspecified atom stereocenters. The van der Waals surface area contributed by atoms with Gasteiger partial charge in [0.2, 0.25) is 0 Å². The molecule has 10 N–H and O–H groups in total. The van der Waals surface area contributed by atoms with Gasteiger partial charge in [0.1, 0.15) is 12.1 Å². The van der Waals surface area contributed by atoms with E-state index < -0.39 is 53.9 Å². The van der Waals surface area contributed by atoms with Gasteiger partial charge in [-0.25, -0.2) is 0 Å². The Morgan fingerprint density at radius 2 is 0.940 bits per heavy atom. The summed E-state index contributed by atoms with van der Waals surface area (Å²) in [5.74, 6) is -7.55. The Labute approximate surface area is 300 Å². The third-order valence-corrected chi connectivity index (χ3v) is 4.76. The van der Waals surface area contributed by atoms with Crippen LogP contribution in [0, 0.1) is 0 Å². The number of carbonyl (C=O) groups excluding carboxylic acids is 3. The molecule has 2 atom stereocenters. The van der Waals surface area contributed by atoms with Gasteiger partial charge >= 0.3 is 41.2 Å². The molecule has 22 heteroatoms. The van der Waals surface area contributed by atoms with Crippen molar-refractivity contribution in [3.8, 4) is 0 Å². The Hall–Kier alpha value is -5.50. The molecule has 3 rings (SSSR count). The van der Waals surface area contributed by atoms with E-state index in [4.69, 9.17) is 31.9 Å². The van der Waals surface area contributed by atoms with Crippen LogP contribution >= 0.6 is 12.6 Å². The Morgan fingerprint density at radius 3 is 1.06 bits per heavy atom. The second-order valence-electron chi connectivity index (χ2n) is 8.19. The molecule has 0 saturated heterocycles. The summed E-state index contributed by atoms with van der Waals surface area (Å²) in [7, 11) is 0. The molecule has 0 aliphatic rings. The van der Waals surface area contributed by atoms with Crippen LogP contribution in [0.3, 0.4) is 0 Å². The topological polar surface area (TPSA) is 386 Å². The molecule has 0 aromatic carbocycles. The van der Waals surface area contributed by atoms with Gasteiger partial charge in [-0.05, 0) is 24.6 Å². The minimum atomic E-state index is -1.19. The van der Waals surface area contributed by atoms with E-state index in [1.54, 1.807) is 18.2 Å². The maximum Gasteiger partial charge on any atom is 3.00 e. The van der Waals surface area contributed by atoms with Crippen LogP contribution < -0.4 is 32.5 Å². The zero-order valence-corrected chi connectivity index (χ0v) is 27.9. The Morgan fingerprint density at radius 1 is 0.640 bits per heavy atom. The van der Waals surface area contributed by atoms with Crippen LogP contribution in [0.4, 0.5) is 0 Å². The Bertz CT molecular complexity index is 1310. The molecule has 3 aromatic heterocycles. The normalized spacial score (nSPS) is 9.92. The van der Waals surface area contributed by atoms with Crippen LogP contribution in [0.2, 0.25) is 0 Å². The number of pyridine rings is 3. The first-order valence-electron chi connectivity index (χ1n) is 13.0. The summed E-state index contributed by atoms with van der Waals surface area (Å²) in [4.78, 5) is 79.8. The van der Waals surface area contributed by atoms with Gasteiger partial charge < -0.3 is 67.3 Å². The van der Waals surface area contributed by atoms with Gasteiger partial charge in [-0.3, -0.25) is 34.1 Å². The molecule has 20 nitrogen and oxygen atoms in total. The van der Waals surface area contributed by atoms with Crippen molar-refractivity contribution < 1.29 is 86.7 Å². The van der Waals surface area contributed by atoms with Crippen LogP contribution in [0.25, 0.3) is 0 Å². The number of aromatic nitrogens is 3. The predicted octanol–water partition coefficient (Wildman–Crippen LogP) is -4.05. The molecule has 0 aliphatic carbocycles. The third kappa shape index (κ3) is 32.4. The molecular formula is C28H33CrN6O14S. The number of carbonyl (C=O) groups is 7. The van der Waals surface area contributed by atoms with Crippen molar-refractivity contribution in [1.82, 2.24) is 15.0 Å². The number of aromatic carboxylic acids is 3. The minimum absolute atomic E-state index is 0. The summed E-state index contributed by atoms with van der Waals surface area (Å²) < 4.78 is 0. The fourth-order valence-corrected chi connectivity index (χ4v) is 2.09. The van der Waals surface area contributed by atoms with Crippen LogP contribution in [0.15, 0.2) is 73.6 Å². The first-order chi connectivity index (χ1) is 22.9. The molecule has 0 amide bonds. The largest absolute Gasteiger partial charge is 3.00 e. The molecule has 271 valence electrons. The summed E-state index contributed by atoms with van der Waals surface area (Å²) in [5.41, 5.74) is 14.8. The van der Waals surface area contributed by atoms with Crippen molar-refractivity contribution in [2.24, 2.45) is 17.2 Å². The van der Waals surface area contributed by atoms with E-state index >= 15 is 0 Å². The average Bonchev–Trinajstić information content (AvgIpc) is 3.09. The monoisotopic (exact) mass is 761 g/mol. The van der Waals surface area contributed by atoms with Crippen molar-refractivity contribution in [1.29, 1.82) is 0 Å². The number of nitrogens with zero attached hydrogens (tertiary/aromatic N) is 3. The number of carboxylic acid groups (broad SMARTS) is 7. The first kappa shape index (κ1) is 51.3. The quantitative estimate of drug-likeness (QED) is 0.0911. The van der Waals surface area contributed by atoms with E-state index in [1.165, 1.54) is 55.4 Å². The van der Waals surface area contributed by atoms with Gasteiger partial charge in [-0.15, -0.1) is 0 Å². The second-order valence-corrected chi connectivity index (χ2v) is 8.55. The standard InChI is InChI=1S/3C6H5NO2.C5H9NO4.C3H7NO2S.C2H5NO2.Cr/c3*8-6(9)5-2-1-3-7-4-5;6-3(5(9)10)1-2-4(7)8;4-2(1-7)3(5)6;3-1-2(4)5;/h3*1-4H,(H,8,9);3H,1-2,6H2,(H,7,8)(H,9,10);2,7H,1,4H2,(H,5,6);1,3H2,(H,4,5);/q;;;;;;+3/p-3/t;;;3-;2-;;/m...00../s1. The SMILES string of the molecule is NCC(=O)O.N[C@@H](CCC(=O)O)C(=O)O.N[C@@H](CS)C(=O)O.O=C([O-])c1cccnc1.O=C([O-])c1cccnc1.O=C([O-])c1cccnc1.[Cr+3]. The van der Waals surface area contributed by atoms with E-state index in [1.807, 2.05) is 0 Å². The smallest absolute Gasteiger partial charge is 0.545 e. The number of hydrogen-bond acceptors (Lipinski definition) is 17. The number of nitrogens with two attached hydrogens (primary N) is 3. The van der Waals surface area contributed by atoms with Gasteiger partial charge in [0.25, 0.3) is 0 Å². The van der Waals surface area contributed by atoms with E-state index in [0.717, 1.165) is 0 Å². The van der Waals surface area contributed by atoms with E-state index in [2.05, 4.69) is 33.3 Å². The molecular weight excluding hydrogens is 728 g/mol. The average molecular weight is 762 g/mol. The maximum atomic E-state index is 10.0. The molecule has 0 spiro atoms. The van der Waals surface area contributed by atoms with Crippen LogP contribution in [-0.2, 0) is 36.5 Å². The summed E-state index contributed by atoms with van der Waals surface area (Å²) in [5, 5.41) is 62.0. The zero-order valence-electron chi connectivity index (χ0n) is 25.7. The van der Waals surface area contributed by atoms with Crippen LogP contribution in [0.1, 0.15) is 43.9 Å². The molecule has 0 aliphatic heterocycles. The summed E-state index contributed by atoms with van der Waals surface area (Å²) in [6, 6.07) is 7.06. The molecule has 0 saturated carbocycles. The number of carboxylic acids is 7. The maximum absolute atomic E-state index is 10.0. The van der Waals surface area contributed by atoms with E-state index in [0.29, 0.717) is 0 Å². The molecule has 0 fully saturated rings. The van der Waals surface area contributed by atoms with E-state index in [9.17, 15) is 48.9 Å². The van der Waals surface area contributed by atoms with Gasteiger partial charge in [0.05, 0.1) is 24.5 Å². The van der Waals surface area contributed by atoms with Crippen molar-refractivity contribution in [2.75, 3.05) is 12.3 Å². The Kier molecular flexibility index (Phi) is 32.9. The summed E-state index contributed by atoms with van der Waals surface area (Å²) in [6.45, 7) is -0.278. The third-order valence-electron chi connectivity index (χ3n) is 4.37. The van der Waals surface area contributed by atoms with Crippen molar-refractivity contribution in [2.45, 2.75) is 24.9 Å². The van der Waals surface area contributed by atoms with Crippen LogP contribution in [0.5, 0.6) is 0 Å². The molecule has 50 heavy (non-hydrogen) atoms. The number of thiol groups is 1. The second kappa shape index (κ2) is 32.1. The van der Waals surface area contributed by atoms with Gasteiger partial charge in [0, 0.05) is 66.0 Å². The first-order valence-corrected chi connectivity index (χ1v) is 13.6. The number of rotatable bonds is 10. The fourth-order valence-electron chi connectivity index (χ4n) is 1.93. The molecule has 0 bridgehead atoms. The van der Waals surface area contributed by atoms with Crippen molar-refractivity contribution in [3.05, 3.63) is 90.3 Å². The summed E-state index contributed by atoms with van der Waals surface area (Å²) in [6.07, 6.45) is 8.03. The van der Waals surface area contributed by atoms with E-state index in [-0.39, 0.29) is 59.2 Å². The van der Waals surface area contributed by atoms with Crippen LogP contribution in [-0.4, -0.2) is 102 Å². The van der Waals surface area contributed by atoms with Gasteiger partial charge in [-0.1, -0.05) is 18.2 Å². The zero-order chi connectivity index (χ0) is 38.4.